The number of rotatable bonds is 4. The number of hydrogen-bond donors (Lipinski definition) is 0. The van der Waals surface area contributed by atoms with Crippen molar-refractivity contribution < 1.29 is 4.52 Å². The van der Waals surface area contributed by atoms with Crippen LogP contribution in [0, 0.1) is 12.8 Å². The quantitative estimate of drug-likeness (QED) is 0.836. The minimum Gasteiger partial charge on any atom is -0.338 e. The molecule has 23 heavy (non-hydrogen) atoms. The van der Waals surface area contributed by atoms with E-state index in [0.29, 0.717) is 30.7 Å². The molecule has 0 amide bonds. The Kier molecular flexibility index (Phi) is 3.72. The molecule has 0 N–H and O–H groups in total. The Balaban J connectivity index is 1.36. The van der Waals surface area contributed by atoms with Crippen molar-refractivity contribution in [2.75, 3.05) is 13.1 Å². The van der Waals surface area contributed by atoms with Gasteiger partial charge in [0, 0.05) is 25.1 Å². The first-order valence-corrected chi connectivity index (χ1v) is 8.29. The molecular weight excluding hydrogens is 294 g/mol. The van der Waals surface area contributed by atoms with Crippen LogP contribution in [0.25, 0.3) is 0 Å². The van der Waals surface area contributed by atoms with E-state index in [1.807, 2.05) is 6.92 Å². The Bertz CT molecular complexity index is 760. The zero-order valence-corrected chi connectivity index (χ0v) is 13.4. The lowest BCUT2D eigenvalue weighted by atomic mass is 9.96. The van der Waals surface area contributed by atoms with Crippen molar-refractivity contribution in [3.05, 3.63) is 39.4 Å². The van der Waals surface area contributed by atoms with Gasteiger partial charge in [-0.25, -0.2) is 4.68 Å². The van der Waals surface area contributed by atoms with Crippen LogP contribution in [0.4, 0.5) is 0 Å². The molecule has 1 fully saturated rings. The average molecular weight is 315 g/mol. The summed E-state index contributed by atoms with van der Waals surface area (Å²) in [5.41, 5.74) is 2.31. The number of likely N-dealkylation sites (tertiary alicyclic amines) is 1. The van der Waals surface area contributed by atoms with Gasteiger partial charge in [-0.15, -0.1) is 0 Å². The van der Waals surface area contributed by atoms with Gasteiger partial charge in [-0.2, -0.15) is 10.1 Å². The normalized spacial score (nSPS) is 18.7. The van der Waals surface area contributed by atoms with E-state index < -0.39 is 0 Å². The fourth-order valence-corrected chi connectivity index (χ4v) is 3.49. The first-order chi connectivity index (χ1) is 11.2. The summed E-state index contributed by atoms with van der Waals surface area (Å²) in [6, 6.07) is 1.79. The molecule has 2 aromatic heterocycles. The molecule has 2 aliphatic rings. The molecule has 3 heterocycles. The topological polar surface area (TPSA) is 77.0 Å². The molecule has 0 spiro atoms. The van der Waals surface area contributed by atoms with Gasteiger partial charge < -0.3 is 4.52 Å². The van der Waals surface area contributed by atoms with E-state index in [1.165, 1.54) is 12.8 Å². The molecule has 0 radical (unpaired) electrons. The molecule has 122 valence electrons. The first kappa shape index (κ1) is 14.6. The second kappa shape index (κ2) is 5.88. The van der Waals surface area contributed by atoms with Crippen LogP contribution in [0.5, 0.6) is 0 Å². The van der Waals surface area contributed by atoms with Crippen LogP contribution in [0.1, 0.15) is 35.8 Å². The summed E-state index contributed by atoms with van der Waals surface area (Å²) in [7, 11) is 0. The molecule has 0 bridgehead atoms. The van der Waals surface area contributed by atoms with Crippen molar-refractivity contribution in [2.45, 2.75) is 45.7 Å². The van der Waals surface area contributed by atoms with Gasteiger partial charge in [-0.1, -0.05) is 5.16 Å². The van der Waals surface area contributed by atoms with E-state index in [2.05, 4.69) is 20.1 Å². The fourth-order valence-electron chi connectivity index (χ4n) is 3.49. The average Bonchev–Trinajstić information content (AvgIpc) is 2.91. The Morgan fingerprint density at radius 2 is 2.13 bits per heavy atom. The summed E-state index contributed by atoms with van der Waals surface area (Å²) >= 11 is 0. The van der Waals surface area contributed by atoms with Crippen LogP contribution in [0.3, 0.4) is 0 Å². The molecule has 2 aromatic rings. The van der Waals surface area contributed by atoms with Crippen molar-refractivity contribution in [1.82, 2.24) is 24.8 Å². The highest BCUT2D eigenvalue weighted by molar-refractivity contribution is 5.20. The lowest BCUT2D eigenvalue weighted by molar-refractivity contribution is 0.0657. The van der Waals surface area contributed by atoms with Gasteiger partial charge in [-0.05, 0) is 38.2 Å². The van der Waals surface area contributed by atoms with E-state index in [4.69, 9.17) is 4.52 Å². The number of fused-ring (bicyclic) bond motifs is 1. The predicted octanol–water partition coefficient (Wildman–Crippen LogP) is 0.946. The van der Waals surface area contributed by atoms with Crippen LogP contribution in [0.15, 0.2) is 15.4 Å². The summed E-state index contributed by atoms with van der Waals surface area (Å²) in [6.45, 7) is 5.08. The molecule has 1 aliphatic heterocycles. The van der Waals surface area contributed by atoms with E-state index in [9.17, 15) is 4.79 Å². The van der Waals surface area contributed by atoms with Crippen molar-refractivity contribution in [1.29, 1.82) is 0 Å². The van der Waals surface area contributed by atoms with Crippen LogP contribution in [-0.2, 0) is 25.9 Å². The molecule has 1 aliphatic carbocycles. The summed E-state index contributed by atoms with van der Waals surface area (Å²) in [5.74, 6) is 1.79. The minimum absolute atomic E-state index is 0.0385. The van der Waals surface area contributed by atoms with E-state index >= 15 is 0 Å². The highest BCUT2D eigenvalue weighted by atomic mass is 16.5. The molecule has 0 saturated carbocycles. The van der Waals surface area contributed by atoms with Crippen molar-refractivity contribution in [2.24, 2.45) is 5.92 Å². The van der Waals surface area contributed by atoms with Gasteiger partial charge in [-0.3, -0.25) is 9.69 Å². The highest BCUT2D eigenvalue weighted by Crippen LogP contribution is 2.20. The predicted molar refractivity (Wildman–Crippen MR) is 82.9 cm³/mol. The zero-order valence-electron chi connectivity index (χ0n) is 13.4. The summed E-state index contributed by atoms with van der Waals surface area (Å²) in [6.07, 6.45) is 4.35. The van der Waals surface area contributed by atoms with Gasteiger partial charge in [0.1, 0.15) is 0 Å². The lowest BCUT2D eigenvalue weighted by Crippen LogP contribution is -2.49. The molecule has 7 nitrogen and oxygen atoms in total. The third kappa shape index (κ3) is 3.06. The molecule has 0 atom stereocenters. The molecule has 0 unspecified atom stereocenters. The van der Waals surface area contributed by atoms with Crippen molar-refractivity contribution >= 4 is 0 Å². The van der Waals surface area contributed by atoms with Crippen molar-refractivity contribution in [3.8, 4) is 0 Å². The Morgan fingerprint density at radius 3 is 2.91 bits per heavy atom. The van der Waals surface area contributed by atoms with Crippen LogP contribution >= 0.6 is 0 Å². The van der Waals surface area contributed by atoms with E-state index in [-0.39, 0.29) is 5.56 Å². The summed E-state index contributed by atoms with van der Waals surface area (Å²) in [4.78, 5) is 18.7. The smallest absolute Gasteiger partial charge is 0.267 e. The summed E-state index contributed by atoms with van der Waals surface area (Å²) in [5, 5.41) is 8.39. The molecule has 1 saturated heterocycles. The Hall–Kier alpha value is -2.02. The Morgan fingerprint density at radius 1 is 1.30 bits per heavy atom. The maximum Gasteiger partial charge on any atom is 0.267 e. The van der Waals surface area contributed by atoms with Gasteiger partial charge in [0.15, 0.2) is 5.82 Å². The van der Waals surface area contributed by atoms with Crippen molar-refractivity contribution in [3.63, 3.8) is 0 Å². The van der Waals surface area contributed by atoms with E-state index in [0.717, 1.165) is 37.2 Å². The molecule has 4 rings (SSSR count). The molecule has 0 aromatic carbocycles. The van der Waals surface area contributed by atoms with Gasteiger partial charge in [0.25, 0.3) is 5.56 Å². The fraction of sp³-hybridized carbons (Fsp3) is 0.625. The van der Waals surface area contributed by atoms with Gasteiger partial charge in [0.2, 0.25) is 5.89 Å². The van der Waals surface area contributed by atoms with Crippen LogP contribution < -0.4 is 5.56 Å². The lowest BCUT2D eigenvalue weighted by Gasteiger charge is -2.38. The monoisotopic (exact) mass is 315 g/mol. The van der Waals surface area contributed by atoms with Crippen LogP contribution in [-0.4, -0.2) is 37.9 Å². The standard InChI is InChI=1S/C16H21N5O2/c1-11-17-15(23-19-11)10-20-7-12(8-20)9-21-16(22)6-13-4-2-3-5-14(13)18-21/h6,12H,2-5,7-10H2,1H3. The SMILES string of the molecule is Cc1noc(CN2CC(Cn3nc4c(cc3=O)CCCC4)C2)n1. The maximum atomic E-state index is 12.2. The Labute approximate surface area is 134 Å². The largest absolute Gasteiger partial charge is 0.338 e. The van der Waals surface area contributed by atoms with Gasteiger partial charge >= 0.3 is 0 Å². The number of nitrogens with zero attached hydrogens (tertiary/aromatic N) is 5. The second-order valence-electron chi connectivity index (χ2n) is 6.64. The number of aryl methyl sites for hydroxylation is 3. The third-order valence-corrected chi connectivity index (χ3v) is 4.67. The highest BCUT2D eigenvalue weighted by Gasteiger charge is 2.29. The summed E-state index contributed by atoms with van der Waals surface area (Å²) < 4.78 is 6.79. The number of hydrogen-bond acceptors (Lipinski definition) is 6. The third-order valence-electron chi connectivity index (χ3n) is 4.67. The van der Waals surface area contributed by atoms with Gasteiger partial charge in [0.05, 0.1) is 18.8 Å². The molecular formula is C16H21N5O2. The zero-order chi connectivity index (χ0) is 15.8. The molecule has 7 heteroatoms. The second-order valence-corrected chi connectivity index (χ2v) is 6.64. The van der Waals surface area contributed by atoms with Crippen LogP contribution in [0.2, 0.25) is 0 Å². The first-order valence-electron chi connectivity index (χ1n) is 8.29. The maximum absolute atomic E-state index is 12.2. The number of aromatic nitrogens is 4. The minimum atomic E-state index is 0.0385. The van der Waals surface area contributed by atoms with E-state index in [1.54, 1.807) is 10.7 Å².